The highest BCUT2D eigenvalue weighted by Gasteiger charge is 2.25. The van der Waals surface area contributed by atoms with Crippen molar-refractivity contribution in [3.63, 3.8) is 0 Å². The molecule has 0 spiro atoms. The third kappa shape index (κ3) is 3.10. The van der Waals surface area contributed by atoms with Gasteiger partial charge in [-0.15, -0.1) is 0 Å². The van der Waals surface area contributed by atoms with Crippen molar-refractivity contribution in [1.29, 1.82) is 0 Å². The summed E-state index contributed by atoms with van der Waals surface area (Å²) in [6.07, 6.45) is 1.01. The molecule has 5 nitrogen and oxygen atoms in total. The van der Waals surface area contributed by atoms with Crippen molar-refractivity contribution >= 4 is 49.9 Å². The number of carbonyl (C=O) groups excluding carboxylic acids is 1. The topological polar surface area (TPSA) is 54.8 Å². The van der Waals surface area contributed by atoms with Gasteiger partial charge in [0.2, 0.25) is 11.0 Å². The lowest BCUT2D eigenvalue weighted by Crippen LogP contribution is -2.31. The van der Waals surface area contributed by atoms with Crippen molar-refractivity contribution in [2.45, 2.75) is 12.8 Å². The van der Waals surface area contributed by atoms with Gasteiger partial charge in [-0.1, -0.05) is 35.1 Å². The summed E-state index contributed by atoms with van der Waals surface area (Å²) in [6.45, 7) is 0. The number of hydrogen-bond donors (Lipinski definition) is 0. The lowest BCUT2D eigenvalue weighted by molar-refractivity contribution is -0.118. The molecular weight excluding hydrogens is 358 g/mol. The number of amides is 1. The van der Waals surface area contributed by atoms with Gasteiger partial charge in [0.25, 0.3) is 0 Å². The number of thiazole rings is 1. The average molecular weight is 372 g/mol. The largest absolute Gasteiger partial charge is 0.497 e. The SMILES string of the molecule is COc1ccc2nc(N3N=C(c4ccc(Cl)cc4)CCC3=O)sc2c1. The fourth-order valence-corrected chi connectivity index (χ4v) is 3.75. The molecule has 1 aromatic heterocycles. The van der Waals surface area contributed by atoms with Crippen molar-refractivity contribution in [3.05, 3.63) is 53.1 Å². The number of halogens is 1. The molecule has 2 heterocycles. The standard InChI is InChI=1S/C18H14ClN3O2S/c1-24-13-6-7-15-16(10-13)25-18(20-15)22-17(23)9-8-14(21-22)11-2-4-12(19)5-3-11/h2-7,10H,8-9H2,1H3. The van der Waals surface area contributed by atoms with Crippen LogP contribution in [0.1, 0.15) is 18.4 Å². The summed E-state index contributed by atoms with van der Waals surface area (Å²) in [5.74, 6) is 0.710. The Balaban J connectivity index is 1.73. The van der Waals surface area contributed by atoms with E-state index in [1.807, 2.05) is 42.5 Å². The van der Waals surface area contributed by atoms with Gasteiger partial charge in [-0.2, -0.15) is 10.1 Å². The van der Waals surface area contributed by atoms with Crippen molar-refractivity contribution < 1.29 is 9.53 Å². The van der Waals surface area contributed by atoms with E-state index in [0.717, 1.165) is 27.2 Å². The van der Waals surface area contributed by atoms with Gasteiger partial charge in [0.15, 0.2) is 0 Å². The fourth-order valence-electron chi connectivity index (χ4n) is 2.66. The van der Waals surface area contributed by atoms with Gasteiger partial charge < -0.3 is 4.74 Å². The van der Waals surface area contributed by atoms with Crippen LogP contribution in [0.3, 0.4) is 0 Å². The van der Waals surface area contributed by atoms with E-state index in [4.69, 9.17) is 16.3 Å². The van der Waals surface area contributed by atoms with Crippen LogP contribution in [0, 0.1) is 0 Å². The summed E-state index contributed by atoms with van der Waals surface area (Å²) >= 11 is 7.37. The van der Waals surface area contributed by atoms with Crippen molar-refractivity contribution in [3.8, 4) is 5.75 Å². The van der Waals surface area contributed by atoms with Crippen LogP contribution in [-0.2, 0) is 4.79 Å². The zero-order chi connectivity index (χ0) is 17.4. The van der Waals surface area contributed by atoms with E-state index in [9.17, 15) is 4.79 Å². The monoisotopic (exact) mass is 371 g/mol. The first-order valence-electron chi connectivity index (χ1n) is 7.75. The molecule has 0 bridgehead atoms. The van der Waals surface area contributed by atoms with Crippen LogP contribution in [0.15, 0.2) is 47.6 Å². The lowest BCUT2D eigenvalue weighted by Gasteiger charge is -2.21. The molecule has 0 unspecified atom stereocenters. The van der Waals surface area contributed by atoms with Gasteiger partial charge in [0, 0.05) is 17.9 Å². The van der Waals surface area contributed by atoms with Crippen LogP contribution in [0.25, 0.3) is 10.2 Å². The number of hydrogen-bond acceptors (Lipinski definition) is 5. The van der Waals surface area contributed by atoms with Gasteiger partial charge >= 0.3 is 0 Å². The first-order chi connectivity index (χ1) is 12.1. The zero-order valence-electron chi connectivity index (χ0n) is 13.4. The Morgan fingerprint density at radius 1 is 1.16 bits per heavy atom. The molecular formula is C18H14ClN3O2S. The Hall–Kier alpha value is -2.44. The van der Waals surface area contributed by atoms with Gasteiger partial charge in [-0.25, -0.2) is 4.98 Å². The number of fused-ring (bicyclic) bond motifs is 1. The van der Waals surface area contributed by atoms with Gasteiger partial charge in [-0.3, -0.25) is 4.79 Å². The maximum absolute atomic E-state index is 12.4. The summed E-state index contributed by atoms with van der Waals surface area (Å²) in [4.78, 5) is 16.9. The van der Waals surface area contributed by atoms with Crippen LogP contribution in [0.5, 0.6) is 5.75 Å². The van der Waals surface area contributed by atoms with E-state index in [1.165, 1.54) is 16.3 Å². The second-order valence-corrected chi connectivity index (χ2v) is 7.03. The van der Waals surface area contributed by atoms with E-state index in [0.29, 0.717) is 23.0 Å². The number of rotatable bonds is 3. The van der Waals surface area contributed by atoms with E-state index in [2.05, 4.69) is 10.1 Å². The van der Waals surface area contributed by atoms with Crippen molar-refractivity contribution in [2.24, 2.45) is 5.10 Å². The first-order valence-corrected chi connectivity index (χ1v) is 8.94. The molecule has 4 rings (SSSR count). The second-order valence-electron chi connectivity index (χ2n) is 5.59. The van der Waals surface area contributed by atoms with Crippen LogP contribution in [-0.4, -0.2) is 23.7 Å². The predicted molar refractivity (Wildman–Crippen MR) is 101 cm³/mol. The molecule has 126 valence electrons. The number of carbonyl (C=O) groups is 1. The highest BCUT2D eigenvalue weighted by Crippen LogP contribution is 2.33. The molecule has 0 atom stereocenters. The summed E-state index contributed by atoms with van der Waals surface area (Å²) < 4.78 is 6.20. The molecule has 7 heteroatoms. The summed E-state index contributed by atoms with van der Waals surface area (Å²) in [6, 6.07) is 13.1. The Morgan fingerprint density at radius 2 is 1.96 bits per heavy atom. The molecule has 1 aliphatic heterocycles. The van der Waals surface area contributed by atoms with E-state index < -0.39 is 0 Å². The van der Waals surface area contributed by atoms with E-state index >= 15 is 0 Å². The molecule has 0 aliphatic carbocycles. The minimum atomic E-state index is -0.0521. The summed E-state index contributed by atoms with van der Waals surface area (Å²) in [7, 11) is 1.62. The van der Waals surface area contributed by atoms with Crippen LogP contribution in [0.4, 0.5) is 5.13 Å². The number of benzene rings is 2. The molecule has 2 aromatic carbocycles. The summed E-state index contributed by atoms with van der Waals surface area (Å²) in [5.41, 5.74) is 2.64. The highest BCUT2D eigenvalue weighted by molar-refractivity contribution is 7.22. The molecule has 1 amide bonds. The van der Waals surface area contributed by atoms with Gasteiger partial charge in [0.1, 0.15) is 5.75 Å². The molecule has 0 N–H and O–H groups in total. The van der Waals surface area contributed by atoms with Gasteiger partial charge in [-0.05, 0) is 35.9 Å². The maximum Gasteiger partial charge on any atom is 0.249 e. The molecule has 3 aromatic rings. The molecule has 25 heavy (non-hydrogen) atoms. The second kappa shape index (κ2) is 6.46. The van der Waals surface area contributed by atoms with Crippen molar-refractivity contribution in [1.82, 2.24) is 4.98 Å². The number of aromatic nitrogens is 1. The Bertz CT molecular complexity index is 982. The maximum atomic E-state index is 12.4. The zero-order valence-corrected chi connectivity index (χ0v) is 15.0. The molecule has 0 radical (unpaired) electrons. The smallest absolute Gasteiger partial charge is 0.249 e. The van der Waals surface area contributed by atoms with E-state index in [-0.39, 0.29) is 5.91 Å². The van der Waals surface area contributed by atoms with Crippen LogP contribution >= 0.6 is 22.9 Å². The third-order valence-electron chi connectivity index (χ3n) is 3.98. The number of ether oxygens (including phenoxy) is 1. The fraction of sp³-hybridized carbons (Fsp3) is 0.167. The lowest BCUT2D eigenvalue weighted by atomic mass is 10.0. The summed E-state index contributed by atoms with van der Waals surface area (Å²) in [5, 5.41) is 7.20. The minimum Gasteiger partial charge on any atom is -0.497 e. The Kier molecular flexibility index (Phi) is 4.15. The molecule has 1 aliphatic rings. The minimum absolute atomic E-state index is 0.0521. The van der Waals surface area contributed by atoms with Gasteiger partial charge in [0.05, 0.1) is 23.0 Å². The number of methoxy groups -OCH3 is 1. The van der Waals surface area contributed by atoms with Crippen molar-refractivity contribution in [2.75, 3.05) is 12.1 Å². The van der Waals surface area contributed by atoms with E-state index in [1.54, 1.807) is 7.11 Å². The number of anilines is 1. The quantitative estimate of drug-likeness (QED) is 0.681. The first kappa shape index (κ1) is 16.1. The molecule has 0 saturated heterocycles. The number of hydrazone groups is 1. The Labute approximate surface area is 153 Å². The van der Waals surface area contributed by atoms with Crippen LogP contribution in [0.2, 0.25) is 5.02 Å². The normalized spacial score (nSPS) is 14.7. The average Bonchev–Trinajstić information content (AvgIpc) is 3.05. The Morgan fingerprint density at radius 3 is 2.72 bits per heavy atom. The number of nitrogens with zero attached hydrogens (tertiary/aromatic N) is 3. The van der Waals surface area contributed by atoms with Crippen LogP contribution < -0.4 is 9.75 Å². The molecule has 0 saturated carbocycles. The molecule has 0 fully saturated rings. The third-order valence-corrected chi connectivity index (χ3v) is 5.22. The predicted octanol–water partition coefficient (Wildman–Crippen LogP) is 4.49. The highest BCUT2D eigenvalue weighted by atomic mass is 35.5.